The van der Waals surface area contributed by atoms with E-state index in [9.17, 15) is 14.7 Å². The fourth-order valence-corrected chi connectivity index (χ4v) is 3.09. The highest BCUT2D eigenvalue weighted by atomic mass is 32.1. The summed E-state index contributed by atoms with van der Waals surface area (Å²) in [6.07, 6.45) is 2.29. The molecule has 0 bridgehead atoms. The second kappa shape index (κ2) is 6.15. The van der Waals surface area contributed by atoms with Crippen molar-refractivity contribution in [3.8, 4) is 0 Å². The average molecular weight is 295 g/mol. The van der Waals surface area contributed by atoms with Crippen LogP contribution in [0.2, 0.25) is 0 Å². The summed E-state index contributed by atoms with van der Waals surface area (Å²) < 4.78 is 0. The monoisotopic (exact) mass is 295 g/mol. The van der Waals surface area contributed by atoms with E-state index in [2.05, 4.69) is 15.3 Å². The topological polar surface area (TPSA) is 95.1 Å². The van der Waals surface area contributed by atoms with Gasteiger partial charge in [-0.25, -0.2) is 4.98 Å². The zero-order valence-corrected chi connectivity index (χ0v) is 12.2. The molecule has 0 saturated heterocycles. The number of aliphatic hydroxyl groups excluding tert-OH is 1. The van der Waals surface area contributed by atoms with Crippen LogP contribution in [-0.4, -0.2) is 33.6 Å². The highest BCUT2D eigenvalue weighted by molar-refractivity contribution is 7.20. The fourth-order valence-electron chi connectivity index (χ4n) is 2.02. The van der Waals surface area contributed by atoms with Gasteiger partial charge in [0, 0.05) is 6.54 Å². The predicted molar refractivity (Wildman–Crippen MR) is 78.2 cm³/mol. The first-order valence-electron chi connectivity index (χ1n) is 6.47. The molecule has 108 valence electrons. The van der Waals surface area contributed by atoms with Gasteiger partial charge in [0.2, 0.25) is 0 Å². The van der Waals surface area contributed by atoms with E-state index in [0.29, 0.717) is 27.1 Å². The van der Waals surface area contributed by atoms with Crippen LogP contribution in [0.15, 0.2) is 11.1 Å². The number of hydrogen-bond donors (Lipinski definition) is 3. The molecule has 1 amide bonds. The Kier molecular flexibility index (Phi) is 4.51. The van der Waals surface area contributed by atoms with Crippen molar-refractivity contribution in [2.45, 2.75) is 32.8 Å². The number of nitrogens with one attached hydrogen (secondary N) is 2. The largest absolute Gasteiger partial charge is 0.391 e. The lowest BCUT2D eigenvalue weighted by molar-refractivity contribution is 0.0913. The molecule has 0 radical (unpaired) electrons. The summed E-state index contributed by atoms with van der Waals surface area (Å²) in [6, 6.07) is 0. The van der Waals surface area contributed by atoms with Gasteiger partial charge in [-0.3, -0.25) is 9.59 Å². The quantitative estimate of drug-likeness (QED) is 0.772. The van der Waals surface area contributed by atoms with Crippen LogP contribution >= 0.6 is 11.3 Å². The number of amides is 1. The maximum absolute atomic E-state index is 12.1. The van der Waals surface area contributed by atoms with Gasteiger partial charge in [-0.1, -0.05) is 13.3 Å². The minimum atomic E-state index is -0.542. The Morgan fingerprint density at radius 3 is 3.00 bits per heavy atom. The van der Waals surface area contributed by atoms with E-state index in [0.717, 1.165) is 6.42 Å². The lowest BCUT2D eigenvalue weighted by Gasteiger charge is -2.10. The van der Waals surface area contributed by atoms with Crippen LogP contribution in [0.5, 0.6) is 0 Å². The van der Waals surface area contributed by atoms with Crippen LogP contribution < -0.4 is 10.9 Å². The molecule has 0 aromatic carbocycles. The number of aryl methyl sites for hydroxylation is 1. The molecule has 3 N–H and O–H groups in total. The normalized spacial score (nSPS) is 12.6. The molecule has 2 rings (SSSR count). The van der Waals surface area contributed by atoms with Crippen molar-refractivity contribution in [3.05, 3.63) is 27.1 Å². The fraction of sp³-hybridized carbons (Fsp3) is 0.462. The number of carbonyl (C=O) groups excluding carboxylic acids is 1. The molecule has 0 fully saturated rings. The lowest BCUT2D eigenvalue weighted by Crippen LogP contribution is -2.31. The van der Waals surface area contributed by atoms with Crippen molar-refractivity contribution in [2.75, 3.05) is 6.54 Å². The van der Waals surface area contributed by atoms with Crippen molar-refractivity contribution < 1.29 is 9.90 Å². The number of H-pyrrole nitrogens is 1. The minimum Gasteiger partial charge on any atom is -0.391 e. The van der Waals surface area contributed by atoms with Gasteiger partial charge < -0.3 is 15.4 Å². The minimum absolute atomic E-state index is 0.212. The Hall–Kier alpha value is -1.73. The number of nitrogens with zero attached hydrogens (tertiary/aromatic N) is 1. The van der Waals surface area contributed by atoms with E-state index in [1.165, 1.54) is 17.7 Å². The molecule has 7 heteroatoms. The molecule has 0 aliphatic carbocycles. The standard InChI is InChI=1S/C13H17N3O3S/c1-3-4-8(17)5-14-12(19)10-7(2)9-11(18)15-6-16-13(9)20-10/h6,8,17H,3-5H2,1-2H3,(H,14,19)(H,15,16,18). The molecule has 2 aromatic heterocycles. The SMILES string of the molecule is CCCC(O)CNC(=O)c1sc2nc[nH]c(=O)c2c1C. The van der Waals surface area contributed by atoms with Crippen LogP contribution in [0.25, 0.3) is 10.2 Å². The molecule has 1 unspecified atom stereocenters. The number of rotatable bonds is 5. The molecule has 20 heavy (non-hydrogen) atoms. The van der Waals surface area contributed by atoms with Gasteiger partial charge in [-0.15, -0.1) is 11.3 Å². The van der Waals surface area contributed by atoms with E-state index in [1.54, 1.807) is 6.92 Å². The maximum atomic E-state index is 12.1. The van der Waals surface area contributed by atoms with Crippen molar-refractivity contribution in [1.82, 2.24) is 15.3 Å². The van der Waals surface area contributed by atoms with Crippen LogP contribution in [0.3, 0.4) is 0 Å². The molecule has 0 spiro atoms. The average Bonchev–Trinajstić information content (AvgIpc) is 2.75. The van der Waals surface area contributed by atoms with E-state index in [-0.39, 0.29) is 18.0 Å². The molecular weight excluding hydrogens is 278 g/mol. The lowest BCUT2D eigenvalue weighted by atomic mass is 10.2. The van der Waals surface area contributed by atoms with Gasteiger partial charge in [0.1, 0.15) is 4.83 Å². The van der Waals surface area contributed by atoms with Gasteiger partial charge >= 0.3 is 0 Å². The molecular formula is C13H17N3O3S. The predicted octanol–water partition coefficient (Wildman–Crippen LogP) is 1.18. The van der Waals surface area contributed by atoms with Crippen molar-refractivity contribution in [3.63, 3.8) is 0 Å². The van der Waals surface area contributed by atoms with Crippen LogP contribution in [0, 0.1) is 6.92 Å². The molecule has 0 aliphatic heterocycles. The van der Waals surface area contributed by atoms with Gasteiger partial charge in [-0.05, 0) is 18.9 Å². The van der Waals surface area contributed by atoms with Crippen LogP contribution in [0.4, 0.5) is 0 Å². The van der Waals surface area contributed by atoms with Crippen molar-refractivity contribution >= 4 is 27.5 Å². The maximum Gasteiger partial charge on any atom is 0.261 e. The smallest absolute Gasteiger partial charge is 0.261 e. The number of hydrogen-bond acceptors (Lipinski definition) is 5. The van der Waals surface area contributed by atoms with Crippen LogP contribution in [-0.2, 0) is 0 Å². The first-order valence-corrected chi connectivity index (χ1v) is 7.29. The summed E-state index contributed by atoms with van der Waals surface area (Å²) in [5.74, 6) is -0.278. The number of aliphatic hydroxyl groups is 1. The first-order chi connectivity index (χ1) is 9.54. The number of fused-ring (bicyclic) bond motifs is 1. The molecule has 2 aromatic rings. The Labute approximate surface area is 119 Å². The van der Waals surface area contributed by atoms with E-state index in [1.807, 2.05) is 6.92 Å². The molecule has 0 saturated carbocycles. The third-order valence-electron chi connectivity index (χ3n) is 3.06. The summed E-state index contributed by atoms with van der Waals surface area (Å²) in [5.41, 5.74) is 0.385. The van der Waals surface area contributed by atoms with E-state index >= 15 is 0 Å². The Bertz CT molecular complexity index is 677. The first kappa shape index (κ1) is 14.7. The van der Waals surface area contributed by atoms with Crippen LogP contribution in [0.1, 0.15) is 35.0 Å². The zero-order valence-electron chi connectivity index (χ0n) is 11.4. The van der Waals surface area contributed by atoms with Gasteiger partial charge in [0.15, 0.2) is 0 Å². The highest BCUT2D eigenvalue weighted by Gasteiger charge is 2.18. The second-order valence-corrected chi connectivity index (χ2v) is 5.62. The molecule has 2 heterocycles. The van der Waals surface area contributed by atoms with Crippen molar-refractivity contribution in [1.29, 1.82) is 0 Å². The van der Waals surface area contributed by atoms with E-state index in [4.69, 9.17) is 0 Å². The highest BCUT2D eigenvalue weighted by Crippen LogP contribution is 2.26. The molecule has 0 aliphatic rings. The summed E-state index contributed by atoms with van der Waals surface area (Å²) in [7, 11) is 0. The van der Waals surface area contributed by atoms with Gasteiger partial charge in [0.25, 0.3) is 11.5 Å². The van der Waals surface area contributed by atoms with Gasteiger partial charge in [0.05, 0.1) is 22.7 Å². The number of carbonyl (C=O) groups is 1. The Balaban J connectivity index is 2.21. The van der Waals surface area contributed by atoms with Gasteiger partial charge in [-0.2, -0.15) is 0 Å². The number of thiophene rings is 1. The Morgan fingerprint density at radius 2 is 2.35 bits per heavy atom. The number of aromatic nitrogens is 2. The molecule has 1 atom stereocenters. The summed E-state index contributed by atoms with van der Waals surface area (Å²) >= 11 is 1.19. The second-order valence-electron chi connectivity index (χ2n) is 4.62. The molecule has 6 nitrogen and oxygen atoms in total. The zero-order chi connectivity index (χ0) is 14.7. The summed E-state index contributed by atoms with van der Waals surface area (Å²) in [5, 5.41) is 12.8. The third-order valence-corrected chi connectivity index (χ3v) is 4.26. The van der Waals surface area contributed by atoms with Crippen molar-refractivity contribution in [2.24, 2.45) is 0 Å². The summed E-state index contributed by atoms with van der Waals surface area (Å²) in [6.45, 7) is 3.91. The summed E-state index contributed by atoms with van der Waals surface area (Å²) in [4.78, 5) is 31.4. The van der Waals surface area contributed by atoms with E-state index < -0.39 is 6.10 Å². The third kappa shape index (κ3) is 2.88. The number of aromatic amines is 1. The Morgan fingerprint density at radius 1 is 1.60 bits per heavy atom.